The van der Waals surface area contributed by atoms with Gasteiger partial charge >= 0.3 is 0 Å². The van der Waals surface area contributed by atoms with Gasteiger partial charge in [-0.3, -0.25) is 24.6 Å². The summed E-state index contributed by atoms with van der Waals surface area (Å²) in [5, 5.41) is 14.3. The minimum Gasteiger partial charge on any atom is -0.324 e. The van der Waals surface area contributed by atoms with Crippen molar-refractivity contribution in [3.8, 4) is 0 Å². The Hall–Kier alpha value is -3.49. The predicted octanol–water partition coefficient (Wildman–Crippen LogP) is 4.41. The summed E-state index contributed by atoms with van der Waals surface area (Å²) in [7, 11) is 0. The van der Waals surface area contributed by atoms with Crippen LogP contribution in [0.4, 0.5) is 11.4 Å². The Morgan fingerprint density at radius 3 is 2.47 bits per heavy atom. The molecule has 1 amide bonds. The summed E-state index contributed by atoms with van der Waals surface area (Å²) in [6, 6.07) is 23.1. The van der Waals surface area contributed by atoms with Gasteiger partial charge in [-0.2, -0.15) is 0 Å². The normalized spacial score (nSPS) is 27.4. The Bertz CT molecular complexity index is 1310. The Balaban J connectivity index is 1.59. The molecule has 2 fully saturated rings. The summed E-state index contributed by atoms with van der Waals surface area (Å²) in [5.41, 5.74) is 1.83. The molecule has 4 atom stereocenters. The molecule has 0 bridgehead atoms. The second-order valence-corrected chi connectivity index (χ2v) is 9.89. The number of ketones is 1. The number of nitro benzene ring substituents is 1. The number of rotatable bonds is 4. The maximum absolute atomic E-state index is 14.2. The summed E-state index contributed by atoms with van der Waals surface area (Å²) in [4.78, 5) is 41.1. The third kappa shape index (κ3) is 2.82. The number of nitrogens with zero attached hydrogens (tertiary/aromatic N) is 2. The van der Waals surface area contributed by atoms with E-state index in [2.05, 4.69) is 10.2 Å². The van der Waals surface area contributed by atoms with Gasteiger partial charge in [0.2, 0.25) is 5.91 Å². The number of nitrogens with one attached hydrogen (secondary N) is 1. The number of benzene rings is 3. The average Bonchev–Trinajstić information content (AvgIpc) is 3.52. The van der Waals surface area contributed by atoms with Crippen molar-refractivity contribution in [3.63, 3.8) is 0 Å². The van der Waals surface area contributed by atoms with Crippen molar-refractivity contribution in [2.75, 3.05) is 16.9 Å². The lowest BCUT2D eigenvalue weighted by Gasteiger charge is -2.36. The maximum atomic E-state index is 14.2. The SMILES string of the molecule is O=C(c1ccccc1)[C@@H]1[C@H](c2ccc([N+](=O)[O-])cc2)[C@@H]2CSCN2[C@]12C(=O)Nc1ccccc12. The molecule has 3 aliphatic rings. The zero-order chi connectivity index (χ0) is 23.4. The number of hydrogen-bond donors (Lipinski definition) is 1. The highest BCUT2D eigenvalue weighted by Gasteiger charge is 2.69. The number of thioether (sulfide) groups is 1. The number of amides is 1. The van der Waals surface area contributed by atoms with Crippen molar-refractivity contribution in [2.45, 2.75) is 17.5 Å². The van der Waals surface area contributed by atoms with E-state index in [4.69, 9.17) is 0 Å². The van der Waals surface area contributed by atoms with Crippen LogP contribution >= 0.6 is 11.8 Å². The van der Waals surface area contributed by atoms with E-state index in [1.54, 1.807) is 36.0 Å². The first-order valence-electron chi connectivity index (χ1n) is 11.1. The summed E-state index contributed by atoms with van der Waals surface area (Å²) < 4.78 is 0. The van der Waals surface area contributed by atoms with E-state index in [9.17, 15) is 19.7 Å². The van der Waals surface area contributed by atoms with Crippen molar-refractivity contribution in [3.05, 3.63) is 106 Å². The molecular weight excluding hydrogens is 450 g/mol. The monoisotopic (exact) mass is 471 g/mol. The number of Topliss-reactive ketones (excluding diaryl/α,β-unsaturated/α-hetero) is 1. The fraction of sp³-hybridized carbons (Fsp3) is 0.231. The average molecular weight is 472 g/mol. The lowest BCUT2D eigenvalue weighted by Crippen LogP contribution is -2.52. The van der Waals surface area contributed by atoms with Crippen LogP contribution in [0.15, 0.2) is 78.9 Å². The van der Waals surface area contributed by atoms with Crippen molar-refractivity contribution in [1.29, 1.82) is 0 Å². The first-order valence-corrected chi connectivity index (χ1v) is 12.3. The summed E-state index contributed by atoms with van der Waals surface area (Å²) >= 11 is 1.75. The number of anilines is 1. The molecule has 1 N–H and O–H groups in total. The largest absolute Gasteiger partial charge is 0.324 e. The standard InChI is InChI=1S/C26H21N3O4S/c30-24(17-6-2-1-3-7-17)23-22(16-10-12-18(13-11-16)29(32)33)21-14-34-15-28(21)26(23)19-8-4-5-9-20(19)27-25(26)31/h1-13,21-23H,14-15H2,(H,27,31)/t21-,22+,23-,26-/m0/s1. The highest BCUT2D eigenvalue weighted by molar-refractivity contribution is 7.99. The Kier molecular flexibility index (Phi) is 4.82. The molecule has 8 heteroatoms. The molecule has 0 radical (unpaired) electrons. The quantitative estimate of drug-likeness (QED) is 0.344. The molecule has 0 aliphatic carbocycles. The molecule has 3 aliphatic heterocycles. The lowest BCUT2D eigenvalue weighted by molar-refractivity contribution is -0.384. The van der Waals surface area contributed by atoms with Crippen LogP contribution in [0.25, 0.3) is 0 Å². The van der Waals surface area contributed by atoms with Gasteiger partial charge in [-0.15, -0.1) is 11.8 Å². The second kappa shape index (κ2) is 7.78. The van der Waals surface area contributed by atoms with E-state index >= 15 is 0 Å². The molecule has 6 rings (SSSR count). The van der Waals surface area contributed by atoms with Gasteiger partial charge in [0.25, 0.3) is 5.69 Å². The van der Waals surface area contributed by atoms with Crippen molar-refractivity contribution >= 4 is 34.8 Å². The van der Waals surface area contributed by atoms with Gasteiger partial charge in [0.05, 0.1) is 10.8 Å². The summed E-state index contributed by atoms with van der Waals surface area (Å²) in [5.74, 6) is 0.174. The minimum atomic E-state index is -1.13. The van der Waals surface area contributed by atoms with E-state index < -0.39 is 16.4 Å². The van der Waals surface area contributed by atoms with E-state index in [0.717, 1.165) is 22.6 Å². The van der Waals surface area contributed by atoms with Gasteiger partial charge in [0.15, 0.2) is 5.78 Å². The fourth-order valence-electron chi connectivity index (χ4n) is 6.01. The van der Waals surface area contributed by atoms with Crippen LogP contribution in [0.1, 0.15) is 27.4 Å². The van der Waals surface area contributed by atoms with Crippen molar-refractivity contribution in [2.24, 2.45) is 5.92 Å². The molecular formula is C26H21N3O4S. The molecule has 0 unspecified atom stereocenters. The van der Waals surface area contributed by atoms with Gasteiger partial charge < -0.3 is 5.32 Å². The van der Waals surface area contributed by atoms with E-state index in [-0.39, 0.29) is 29.3 Å². The number of hydrogen-bond acceptors (Lipinski definition) is 6. The van der Waals surface area contributed by atoms with Gasteiger partial charge in [0.1, 0.15) is 5.54 Å². The molecule has 7 nitrogen and oxygen atoms in total. The third-order valence-corrected chi connectivity index (χ3v) is 8.40. The molecule has 0 aromatic heterocycles. The number of para-hydroxylation sites is 1. The van der Waals surface area contributed by atoms with Crippen LogP contribution in [0.3, 0.4) is 0 Å². The van der Waals surface area contributed by atoms with Gasteiger partial charge in [-0.05, 0) is 11.6 Å². The highest BCUT2D eigenvalue weighted by atomic mass is 32.2. The van der Waals surface area contributed by atoms with Crippen LogP contribution in [-0.2, 0) is 10.3 Å². The molecule has 3 aromatic carbocycles. The number of carbonyl (C=O) groups is 2. The van der Waals surface area contributed by atoms with Gasteiger partial charge in [0, 0.05) is 52.5 Å². The number of fused-ring (bicyclic) bond motifs is 4. The number of non-ortho nitro benzene ring substituents is 1. The topological polar surface area (TPSA) is 92.5 Å². The van der Waals surface area contributed by atoms with E-state index in [1.165, 1.54) is 12.1 Å². The van der Waals surface area contributed by atoms with Crippen LogP contribution in [0.5, 0.6) is 0 Å². The number of nitro groups is 1. The predicted molar refractivity (Wildman–Crippen MR) is 130 cm³/mol. The summed E-state index contributed by atoms with van der Waals surface area (Å²) in [6.07, 6.45) is 0. The zero-order valence-corrected chi connectivity index (χ0v) is 18.9. The number of carbonyl (C=O) groups excluding carboxylic acids is 2. The zero-order valence-electron chi connectivity index (χ0n) is 18.1. The second-order valence-electron chi connectivity index (χ2n) is 8.89. The lowest BCUT2D eigenvalue weighted by atomic mass is 9.69. The Labute approximate surface area is 200 Å². The molecule has 0 saturated carbocycles. The minimum absolute atomic E-state index is 0.00371. The van der Waals surface area contributed by atoms with Crippen molar-refractivity contribution in [1.82, 2.24) is 4.90 Å². The van der Waals surface area contributed by atoms with E-state index in [1.807, 2.05) is 42.5 Å². The molecule has 1 spiro atoms. The maximum Gasteiger partial charge on any atom is 0.269 e. The van der Waals surface area contributed by atoms with E-state index in [0.29, 0.717) is 11.4 Å². The van der Waals surface area contributed by atoms with Gasteiger partial charge in [-0.25, -0.2) is 0 Å². The Morgan fingerprint density at radius 1 is 1.03 bits per heavy atom. The smallest absolute Gasteiger partial charge is 0.269 e. The molecule has 3 aromatic rings. The molecule has 170 valence electrons. The Morgan fingerprint density at radius 2 is 1.74 bits per heavy atom. The molecule has 3 heterocycles. The van der Waals surface area contributed by atoms with Crippen molar-refractivity contribution < 1.29 is 14.5 Å². The first kappa shape index (κ1) is 21.1. The first-order chi connectivity index (χ1) is 16.5. The third-order valence-electron chi connectivity index (χ3n) is 7.36. The van der Waals surface area contributed by atoms with Crippen LogP contribution in [0, 0.1) is 16.0 Å². The summed E-state index contributed by atoms with van der Waals surface area (Å²) in [6.45, 7) is 0. The molecule has 2 saturated heterocycles. The molecule has 34 heavy (non-hydrogen) atoms. The highest BCUT2D eigenvalue weighted by Crippen LogP contribution is 2.61. The fourth-order valence-corrected chi connectivity index (χ4v) is 7.33. The van der Waals surface area contributed by atoms with Crippen LogP contribution in [-0.4, -0.2) is 39.2 Å². The van der Waals surface area contributed by atoms with Gasteiger partial charge in [-0.1, -0.05) is 60.7 Å². The van der Waals surface area contributed by atoms with Crippen LogP contribution < -0.4 is 5.32 Å². The van der Waals surface area contributed by atoms with Crippen LogP contribution in [0.2, 0.25) is 0 Å².